The van der Waals surface area contributed by atoms with Gasteiger partial charge in [0.15, 0.2) is 0 Å². The van der Waals surface area contributed by atoms with Crippen LogP contribution in [-0.2, 0) is 0 Å². The standard InChI is InChI=1S/C10H11BrF2S/c11-5-1-2-6-14-10-4-3-8(12)7-9(10)13/h3-4,7H,1-2,5-6H2. The first-order chi connectivity index (χ1) is 6.74. The van der Waals surface area contributed by atoms with E-state index in [2.05, 4.69) is 15.9 Å². The first-order valence-electron chi connectivity index (χ1n) is 4.38. The number of halogens is 3. The van der Waals surface area contributed by atoms with Crippen molar-refractivity contribution in [3.63, 3.8) is 0 Å². The molecule has 0 saturated carbocycles. The first kappa shape index (κ1) is 12.0. The van der Waals surface area contributed by atoms with Gasteiger partial charge in [-0.2, -0.15) is 0 Å². The van der Waals surface area contributed by atoms with E-state index in [-0.39, 0.29) is 0 Å². The van der Waals surface area contributed by atoms with Gasteiger partial charge in [-0.05, 0) is 30.7 Å². The Morgan fingerprint density at radius 2 is 2.00 bits per heavy atom. The molecule has 0 atom stereocenters. The lowest BCUT2D eigenvalue weighted by atomic mass is 10.3. The molecule has 0 fully saturated rings. The van der Waals surface area contributed by atoms with E-state index in [9.17, 15) is 8.78 Å². The zero-order chi connectivity index (χ0) is 10.4. The van der Waals surface area contributed by atoms with E-state index in [1.165, 1.54) is 23.9 Å². The smallest absolute Gasteiger partial charge is 0.139 e. The number of hydrogen-bond donors (Lipinski definition) is 0. The van der Waals surface area contributed by atoms with Gasteiger partial charge in [0.25, 0.3) is 0 Å². The number of unbranched alkanes of at least 4 members (excludes halogenated alkanes) is 1. The average molecular weight is 281 g/mol. The minimum atomic E-state index is -0.521. The molecule has 14 heavy (non-hydrogen) atoms. The molecule has 1 aromatic rings. The van der Waals surface area contributed by atoms with Crippen LogP contribution in [0.25, 0.3) is 0 Å². The van der Waals surface area contributed by atoms with Gasteiger partial charge in [-0.1, -0.05) is 15.9 Å². The Morgan fingerprint density at radius 3 is 2.64 bits per heavy atom. The van der Waals surface area contributed by atoms with Crippen LogP contribution >= 0.6 is 27.7 Å². The van der Waals surface area contributed by atoms with Crippen LogP contribution in [0, 0.1) is 11.6 Å². The van der Waals surface area contributed by atoms with Crippen molar-refractivity contribution in [2.45, 2.75) is 17.7 Å². The molecule has 0 aliphatic heterocycles. The second-order valence-electron chi connectivity index (χ2n) is 2.82. The van der Waals surface area contributed by atoms with E-state index in [1.54, 1.807) is 0 Å². The molecule has 0 aliphatic rings. The van der Waals surface area contributed by atoms with E-state index in [4.69, 9.17) is 0 Å². The molecule has 0 N–H and O–H groups in total. The summed E-state index contributed by atoms with van der Waals surface area (Å²) in [5.41, 5.74) is 0. The van der Waals surface area contributed by atoms with Crippen LogP contribution in [0.3, 0.4) is 0 Å². The molecule has 0 amide bonds. The third-order valence-electron chi connectivity index (χ3n) is 1.68. The van der Waals surface area contributed by atoms with Gasteiger partial charge in [-0.25, -0.2) is 8.78 Å². The van der Waals surface area contributed by atoms with Gasteiger partial charge >= 0.3 is 0 Å². The highest BCUT2D eigenvalue weighted by Gasteiger charge is 2.03. The SMILES string of the molecule is Fc1ccc(SCCCCBr)c(F)c1. The molecular weight excluding hydrogens is 270 g/mol. The van der Waals surface area contributed by atoms with Crippen molar-refractivity contribution in [1.82, 2.24) is 0 Å². The van der Waals surface area contributed by atoms with E-state index >= 15 is 0 Å². The third kappa shape index (κ3) is 3.96. The summed E-state index contributed by atoms with van der Waals surface area (Å²) in [6.45, 7) is 0. The maximum atomic E-state index is 13.1. The second-order valence-corrected chi connectivity index (χ2v) is 4.75. The molecule has 0 aliphatic carbocycles. The molecule has 4 heteroatoms. The van der Waals surface area contributed by atoms with E-state index in [1.807, 2.05) is 0 Å². The average Bonchev–Trinajstić information content (AvgIpc) is 2.15. The Morgan fingerprint density at radius 1 is 1.21 bits per heavy atom. The van der Waals surface area contributed by atoms with Crippen LogP contribution in [0.4, 0.5) is 8.78 Å². The Balaban J connectivity index is 2.42. The summed E-state index contributed by atoms with van der Waals surface area (Å²) in [6.07, 6.45) is 2.11. The lowest BCUT2D eigenvalue weighted by molar-refractivity contribution is 0.565. The molecule has 0 unspecified atom stereocenters. The molecule has 0 heterocycles. The predicted octanol–water partition coefficient (Wildman–Crippen LogP) is 4.23. The molecule has 1 rings (SSSR count). The summed E-state index contributed by atoms with van der Waals surface area (Å²) < 4.78 is 25.6. The van der Waals surface area contributed by atoms with E-state index in [0.717, 1.165) is 30.0 Å². The van der Waals surface area contributed by atoms with Gasteiger partial charge in [0.1, 0.15) is 11.6 Å². The van der Waals surface area contributed by atoms with Gasteiger partial charge in [0, 0.05) is 16.3 Å². The van der Waals surface area contributed by atoms with Gasteiger partial charge in [-0.3, -0.25) is 0 Å². The number of benzene rings is 1. The molecular formula is C10H11BrF2S. The fourth-order valence-corrected chi connectivity index (χ4v) is 2.30. The van der Waals surface area contributed by atoms with E-state index in [0.29, 0.717) is 4.90 Å². The lowest BCUT2D eigenvalue weighted by Crippen LogP contribution is -1.86. The highest BCUT2D eigenvalue weighted by Crippen LogP contribution is 2.23. The molecule has 0 spiro atoms. The quantitative estimate of drug-likeness (QED) is 0.442. The molecule has 0 bridgehead atoms. The Labute approximate surface area is 95.2 Å². The fourth-order valence-electron chi connectivity index (χ4n) is 0.971. The van der Waals surface area contributed by atoms with Crippen molar-refractivity contribution >= 4 is 27.7 Å². The zero-order valence-corrected chi connectivity index (χ0v) is 10.0. The lowest BCUT2D eigenvalue weighted by Gasteiger charge is -2.02. The normalized spacial score (nSPS) is 10.5. The second kappa shape index (κ2) is 6.40. The van der Waals surface area contributed by atoms with Gasteiger partial charge < -0.3 is 0 Å². The van der Waals surface area contributed by atoms with Crippen molar-refractivity contribution in [1.29, 1.82) is 0 Å². The van der Waals surface area contributed by atoms with Crippen LogP contribution in [-0.4, -0.2) is 11.1 Å². The third-order valence-corrected chi connectivity index (χ3v) is 3.38. The minimum absolute atomic E-state index is 0.464. The Hall–Kier alpha value is -0.0900. The van der Waals surface area contributed by atoms with Gasteiger partial charge in [0.2, 0.25) is 0 Å². The molecule has 0 aromatic heterocycles. The van der Waals surface area contributed by atoms with E-state index < -0.39 is 11.6 Å². The van der Waals surface area contributed by atoms with Crippen LogP contribution in [0.1, 0.15) is 12.8 Å². The minimum Gasteiger partial charge on any atom is -0.207 e. The van der Waals surface area contributed by atoms with Crippen molar-refractivity contribution in [2.24, 2.45) is 0 Å². The maximum absolute atomic E-state index is 13.1. The van der Waals surface area contributed by atoms with Crippen LogP contribution in [0.2, 0.25) is 0 Å². The molecule has 0 radical (unpaired) electrons. The number of rotatable bonds is 5. The van der Waals surface area contributed by atoms with Gasteiger partial charge in [0.05, 0.1) is 0 Å². The predicted molar refractivity (Wildman–Crippen MR) is 60.1 cm³/mol. The molecule has 0 nitrogen and oxygen atoms in total. The number of hydrogen-bond acceptors (Lipinski definition) is 1. The van der Waals surface area contributed by atoms with Crippen molar-refractivity contribution in [2.75, 3.05) is 11.1 Å². The van der Waals surface area contributed by atoms with Crippen molar-refractivity contribution in [3.8, 4) is 0 Å². The number of thioether (sulfide) groups is 1. The topological polar surface area (TPSA) is 0 Å². The Bertz CT molecular complexity index is 291. The molecule has 78 valence electrons. The van der Waals surface area contributed by atoms with Crippen LogP contribution < -0.4 is 0 Å². The van der Waals surface area contributed by atoms with Crippen LogP contribution in [0.15, 0.2) is 23.1 Å². The van der Waals surface area contributed by atoms with Crippen molar-refractivity contribution in [3.05, 3.63) is 29.8 Å². The zero-order valence-electron chi connectivity index (χ0n) is 7.60. The monoisotopic (exact) mass is 280 g/mol. The van der Waals surface area contributed by atoms with Gasteiger partial charge in [-0.15, -0.1) is 11.8 Å². The molecule has 1 aromatic carbocycles. The maximum Gasteiger partial charge on any atom is 0.139 e. The molecule has 0 saturated heterocycles. The highest BCUT2D eigenvalue weighted by molar-refractivity contribution is 9.09. The van der Waals surface area contributed by atoms with Crippen LogP contribution in [0.5, 0.6) is 0 Å². The summed E-state index contributed by atoms with van der Waals surface area (Å²) in [6, 6.07) is 3.70. The first-order valence-corrected chi connectivity index (χ1v) is 6.48. The Kier molecular flexibility index (Phi) is 5.48. The summed E-state index contributed by atoms with van der Waals surface area (Å²) in [4.78, 5) is 0.529. The summed E-state index contributed by atoms with van der Waals surface area (Å²) in [5, 5.41) is 0.972. The van der Waals surface area contributed by atoms with Crippen molar-refractivity contribution < 1.29 is 8.78 Å². The fraction of sp³-hybridized carbons (Fsp3) is 0.400. The largest absolute Gasteiger partial charge is 0.207 e. The summed E-state index contributed by atoms with van der Waals surface area (Å²) >= 11 is 4.76. The summed E-state index contributed by atoms with van der Waals surface area (Å²) in [5.74, 6) is -0.116. The number of alkyl halides is 1. The highest BCUT2D eigenvalue weighted by atomic mass is 79.9. The summed E-state index contributed by atoms with van der Waals surface area (Å²) in [7, 11) is 0.